The largest absolute Gasteiger partial charge is 0.491 e. The first kappa shape index (κ1) is 17.7. The van der Waals surface area contributed by atoms with Crippen molar-refractivity contribution in [1.82, 2.24) is 4.90 Å². The zero-order valence-corrected chi connectivity index (χ0v) is 13.3. The van der Waals surface area contributed by atoms with Crippen LogP contribution in [-0.2, 0) is 6.54 Å². The number of amides is 2. The van der Waals surface area contributed by atoms with E-state index >= 15 is 0 Å². The van der Waals surface area contributed by atoms with Crippen LogP contribution in [0.25, 0.3) is 0 Å². The molecule has 0 bridgehead atoms. The normalized spacial score (nSPS) is 10.2. The summed E-state index contributed by atoms with van der Waals surface area (Å²) < 4.78 is 17.4. The molecule has 0 saturated carbocycles. The van der Waals surface area contributed by atoms with Crippen LogP contribution in [0.1, 0.15) is 5.56 Å². The number of aliphatic hydroxyl groups is 1. The Morgan fingerprint density at radius 2 is 1.96 bits per heavy atom. The van der Waals surface area contributed by atoms with E-state index < -0.39 is 6.67 Å². The summed E-state index contributed by atoms with van der Waals surface area (Å²) in [5.74, 6) is 0.488. The first-order chi connectivity index (χ1) is 11.7. The van der Waals surface area contributed by atoms with Crippen LogP contribution in [0.4, 0.5) is 14.9 Å². The molecule has 0 fully saturated rings. The van der Waals surface area contributed by atoms with E-state index in [-0.39, 0.29) is 25.8 Å². The second-order valence-electron chi connectivity index (χ2n) is 5.13. The Kier molecular flexibility index (Phi) is 7.04. The van der Waals surface area contributed by atoms with Gasteiger partial charge in [-0.25, -0.2) is 9.18 Å². The Bertz CT molecular complexity index is 637. The molecule has 0 spiro atoms. The number of carbonyl (C=O) groups is 1. The van der Waals surface area contributed by atoms with Gasteiger partial charge in [-0.15, -0.1) is 0 Å². The molecule has 0 aliphatic carbocycles. The zero-order valence-electron chi connectivity index (χ0n) is 13.3. The van der Waals surface area contributed by atoms with Crippen LogP contribution in [0, 0.1) is 0 Å². The maximum absolute atomic E-state index is 12.4. The van der Waals surface area contributed by atoms with E-state index in [1.54, 1.807) is 24.3 Å². The molecular weight excluding hydrogens is 311 g/mol. The summed E-state index contributed by atoms with van der Waals surface area (Å²) in [5, 5.41) is 12.0. The van der Waals surface area contributed by atoms with Gasteiger partial charge >= 0.3 is 6.03 Å². The first-order valence-corrected chi connectivity index (χ1v) is 7.72. The third-order valence-corrected chi connectivity index (χ3v) is 3.30. The number of urea groups is 1. The van der Waals surface area contributed by atoms with E-state index in [0.29, 0.717) is 18.0 Å². The predicted molar refractivity (Wildman–Crippen MR) is 90.9 cm³/mol. The summed E-state index contributed by atoms with van der Waals surface area (Å²) in [5.41, 5.74) is 1.52. The SMILES string of the molecule is O=C(Nc1cccc(OCCF)c1)N(CCO)Cc1ccccc1. The number of anilines is 1. The number of hydrogen-bond donors (Lipinski definition) is 2. The smallest absolute Gasteiger partial charge is 0.322 e. The van der Waals surface area contributed by atoms with Crippen LogP contribution >= 0.6 is 0 Å². The number of nitrogens with one attached hydrogen (secondary N) is 1. The number of halogens is 1. The molecule has 2 amide bonds. The Morgan fingerprint density at radius 1 is 1.17 bits per heavy atom. The van der Waals surface area contributed by atoms with Crippen LogP contribution in [0.2, 0.25) is 0 Å². The standard InChI is InChI=1S/C18H21FN2O3/c19-9-12-24-17-8-4-7-16(13-17)20-18(23)21(10-11-22)14-15-5-2-1-3-6-15/h1-8,13,22H,9-12,14H2,(H,20,23). The number of rotatable bonds is 8. The highest BCUT2D eigenvalue weighted by Crippen LogP contribution is 2.18. The van der Waals surface area contributed by atoms with Gasteiger partial charge in [0.1, 0.15) is 19.0 Å². The molecule has 0 saturated heterocycles. The lowest BCUT2D eigenvalue weighted by Gasteiger charge is -2.22. The van der Waals surface area contributed by atoms with Gasteiger partial charge in [0.2, 0.25) is 0 Å². The number of alkyl halides is 1. The van der Waals surface area contributed by atoms with Gasteiger partial charge in [-0.1, -0.05) is 36.4 Å². The number of ether oxygens (including phenoxy) is 1. The summed E-state index contributed by atoms with van der Waals surface area (Å²) in [6, 6.07) is 16.0. The molecule has 24 heavy (non-hydrogen) atoms. The van der Waals surface area contributed by atoms with Crippen molar-refractivity contribution in [3.63, 3.8) is 0 Å². The van der Waals surface area contributed by atoms with Crippen LogP contribution in [-0.4, -0.2) is 42.5 Å². The highest BCUT2D eigenvalue weighted by atomic mass is 19.1. The van der Waals surface area contributed by atoms with E-state index in [1.165, 1.54) is 4.90 Å². The molecule has 2 N–H and O–H groups in total. The minimum absolute atomic E-state index is 0.0257. The van der Waals surface area contributed by atoms with Gasteiger partial charge < -0.3 is 20.1 Å². The molecule has 0 atom stereocenters. The third kappa shape index (κ3) is 5.55. The van der Waals surface area contributed by atoms with Crippen molar-refractivity contribution < 1.29 is 19.0 Å². The van der Waals surface area contributed by atoms with E-state index in [9.17, 15) is 14.3 Å². The van der Waals surface area contributed by atoms with Gasteiger partial charge in [0.15, 0.2) is 0 Å². The zero-order chi connectivity index (χ0) is 17.2. The Labute approximate surface area is 140 Å². The molecule has 2 rings (SSSR count). The van der Waals surface area contributed by atoms with Gasteiger partial charge in [-0.2, -0.15) is 0 Å². The second-order valence-corrected chi connectivity index (χ2v) is 5.13. The summed E-state index contributed by atoms with van der Waals surface area (Å²) in [6.07, 6.45) is 0. The van der Waals surface area contributed by atoms with E-state index in [4.69, 9.17) is 4.74 Å². The lowest BCUT2D eigenvalue weighted by atomic mass is 10.2. The van der Waals surface area contributed by atoms with Gasteiger partial charge in [0, 0.05) is 24.8 Å². The molecule has 0 aliphatic rings. The van der Waals surface area contributed by atoms with Crippen molar-refractivity contribution in [2.75, 3.05) is 31.7 Å². The minimum Gasteiger partial charge on any atom is -0.491 e. The van der Waals surface area contributed by atoms with Gasteiger partial charge in [0.05, 0.1) is 6.61 Å². The van der Waals surface area contributed by atoms with Crippen molar-refractivity contribution in [2.24, 2.45) is 0 Å². The Balaban J connectivity index is 2.02. The molecule has 0 heterocycles. The van der Waals surface area contributed by atoms with Gasteiger partial charge in [-0.05, 0) is 17.7 Å². The van der Waals surface area contributed by atoms with Crippen molar-refractivity contribution in [3.05, 3.63) is 60.2 Å². The summed E-state index contributed by atoms with van der Waals surface area (Å²) in [4.78, 5) is 14.0. The maximum Gasteiger partial charge on any atom is 0.322 e. The fourth-order valence-electron chi connectivity index (χ4n) is 2.20. The molecule has 128 valence electrons. The first-order valence-electron chi connectivity index (χ1n) is 7.72. The van der Waals surface area contributed by atoms with Crippen molar-refractivity contribution in [2.45, 2.75) is 6.54 Å². The van der Waals surface area contributed by atoms with E-state index in [0.717, 1.165) is 5.56 Å². The average Bonchev–Trinajstić information content (AvgIpc) is 2.61. The molecule has 6 heteroatoms. The van der Waals surface area contributed by atoms with Crippen molar-refractivity contribution in [3.8, 4) is 5.75 Å². The predicted octanol–water partition coefficient (Wildman–Crippen LogP) is 3.06. The molecule has 0 aromatic heterocycles. The lowest BCUT2D eigenvalue weighted by molar-refractivity contribution is 0.185. The number of aliphatic hydroxyl groups excluding tert-OH is 1. The van der Waals surface area contributed by atoms with Gasteiger partial charge in [0.25, 0.3) is 0 Å². The van der Waals surface area contributed by atoms with Crippen LogP contribution in [0.15, 0.2) is 54.6 Å². The quantitative estimate of drug-likeness (QED) is 0.781. The average molecular weight is 332 g/mol. The monoisotopic (exact) mass is 332 g/mol. The molecule has 2 aromatic carbocycles. The minimum atomic E-state index is -0.571. The summed E-state index contributed by atoms with van der Waals surface area (Å²) in [7, 11) is 0. The maximum atomic E-state index is 12.4. The second kappa shape index (κ2) is 9.52. The van der Waals surface area contributed by atoms with Crippen LogP contribution < -0.4 is 10.1 Å². The van der Waals surface area contributed by atoms with Gasteiger partial charge in [-0.3, -0.25) is 0 Å². The molecular formula is C18H21FN2O3. The Morgan fingerprint density at radius 3 is 2.67 bits per heavy atom. The highest BCUT2D eigenvalue weighted by Gasteiger charge is 2.14. The van der Waals surface area contributed by atoms with Crippen molar-refractivity contribution >= 4 is 11.7 Å². The van der Waals surface area contributed by atoms with Crippen LogP contribution in [0.5, 0.6) is 5.75 Å². The molecule has 0 aliphatic heterocycles. The van der Waals surface area contributed by atoms with E-state index in [1.807, 2.05) is 30.3 Å². The molecule has 2 aromatic rings. The van der Waals surface area contributed by atoms with Crippen molar-refractivity contribution in [1.29, 1.82) is 0 Å². The molecule has 0 radical (unpaired) electrons. The molecule has 0 unspecified atom stereocenters. The Hall–Kier alpha value is -2.60. The lowest BCUT2D eigenvalue weighted by Crippen LogP contribution is -2.36. The summed E-state index contributed by atoms with van der Waals surface area (Å²) >= 11 is 0. The number of benzene rings is 2. The van der Waals surface area contributed by atoms with E-state index in [2.05, 4.69) is 5.32 Å². The van der Waals surface area contributed by atoms with Crippen LogP contribution in [0.3, 0.4) is 0 Å². The topological polar surface area (TPSA) is 61.8 Å². The number of nitrogens with zero attached hydrogens (tertiary/aromatic N) is 1. The summed E-state index contributed by atoms with van der Waals surface area (Å²) in [6.45, 7) is -0.107. The fraction of sp³-hybridized carbons (Fsp3) is 0.278. The fourth-order valence-corrected chi connectivity index (χ4v) is 2.20. The molecule has 5 nitrogen and oxygen atoms in total. The highest BCUT2D eigenvalue weighted by molar-refractivity contribution is 5.89. The third-order valence-electron chi connectivity index (χ3n) is 3.30. The number of carbonyl (C=O) groups excluding carboxylic acids is 1. The number of hydrogen-bond acceptors (Lipinski definition) is 3.